The number of rotatable bonds is 4. The minimum Gasteiger partial charge on any atom is -0.332 e. The van der Waals surface area contributed by atoms with Crippen molar-refractivity contribution >= 4 is 23.1 Å². The van der Waals surface area contributed by atoms with Crippen molar-refractivity contribution in [3.05, 3.63) is 58.0 Å². The number of carbonyl (C=O) groups excluding carboxylic acids is 2. The normalized spacial score (nSPS) is 10.9. The maximum Gasteiger partial charge on any atom is 0.259 e. The zero-order chi connectivity index (χ0) is 20.6. The maximum absolute atomic E-state index is 12.9. The van der Waals surface area contributed by atoms with Crippen molar-refractivity contribution < 1.29 is 9.59 Å². The van der Waals surface area contributed by atoms with Crippen molar-refractivity contribution in [2.75, 3.05) is 18.9 Å². The van der Waals surface area contributed by atoms with Crippen LogP contribution in [0.1, 0.15) is 38.4 Å². The fourth-order valence-electron chi connectivity index (χ4n) is 3.47. The van der Waals surface area contributed by atoms with Crippen molar-refractivity contribution in [1.29, 1.82) is 0 Å². The van der Waals surface area contributed by atoms with Crippen molar-refractivity contribution in [3.8, 4) is 0 Å². The van der Waals surface area contributed by atoms with E-state index >= 15 is 0 Å². The molecule has 146 valence electrons. The van der Waals surface area contributed by atoms with E-state index in [4.69, 9.17) is 0 Å². The number of carbonyl (C=O) groups is 2. The minimum atomic E-state index is -0.292. The van der Waals surface area contributed by atoms with Gasteiger partial charge in [0.1, 0.15) is 5.56 Å². The first-order valence-corrected chi connectivity index (χ1v) is 9.12. The highest BCUT2D eigenvalue weighted by molar-refractivity contribution is 6.02. The first-order valence-electron chi connectivity index (χ1n) is 9.12. The predicted molar refractivity (Wildman–Crippen MR) is 109 cm³/mol. The molecule has 0 fully saturated rings. The molecule has 0 radical (unpaired) electrons. The highest BCUT2D eigenvalue weighted by Crippen LogP contribution is 2.22. The summed E-state index contributed by atoms with van der Waals surface area (Å²) in [5, 5.41) is 7.17. The van der Waals surface area contributed by atoms with Gasteiger partial charge in [-0.15, -0.1) is 0 Å². The van der Waals surface area contributed by atoms with E-state index in [1.165, 1.54) is 11.1 Å². The highest BCUT2D eigenvalue weighted by Gasteiger charge is 2.21. The summed E-state index contributed by atoms with van der Waals surface area (Å²) in [5.41, 5.74) is 6.52. The minimum absolute atomic E-state index is 0.0618. The van der Waals surface area contributed by atoms with Crippen LogP contribution in [-0.2, 0) is 4.79 Å². The van der Waals surface area contributed by atoms with Gasteiger partial charge in [-0.3, -0.25) is 9.59 Å². The Bertz CT molecular complexity index is 1060. The molecule has 0 saturated heterocycles. The van der Waals surface area contributed by atoms with E-state index in [9.17, 15) is 9.59 Å². The summed E-state index contributed by atoms with van der Waals surface area (Å²) in [4.78, 5) is 31.2. The number of nitrogens with one attached hydrogen (secondary N) is 1. The van der Waals surface area contributed by atoms with Gasteiger partial charge in [0.05, 0.1) is 12.7 Å². The van der Waals surface area contributed by atoms with Gasteiger partial charge in [-0.25, -0.2) is 9.50 Å². The fraction of sp³-hybridized carbons (Fsp3) is 0.333. The summed E-state index contributed by atoms with van der Waals surface area (Å²) in [7, 11) is 1.60. The van der Waals surface area contributed by atoms with Gasteiger partial charge in [-0.1, -0.05) is 17.7 Å². The average molecular weight is 379 g/mol. The maximum atomic E-state index is 12.9. The molecule has 28 heavy (non-hydrogen) atoms. The highest BCUT2D eigenvalue weighted by atomic mass is 16.2. The second kappa shape index (κ2) is 7.42. The van der Waals surface area contributed by atoms with Gasteiger partial charge in [0.25, 0.3) is 5.91 Å². The predicted octanol–water partition coefficient (Wildman–Crippen LogP) is 2.98. The lowest BCUT2D eigenvalue weighted by atomic mass is 10.1. The Labute approximate surface area is 164 Å². The number of hydrogen-bond donors (Lipinski definition) is 1. The van der Waals surface area contributed by atoms with E-state index < -0.39 is 0 Å². The monoisotopic (exact) mass is 379 g/mol. The van der Waals surface area contributed by atoms with Crippen LogP contribution >= 0.6 is 0 Å². The first-order chi connectivity index (χ1) is 13.2. The molecule has 0 unspecified atom stereocenters. The van der Waals surface area contributed by atoms with E-state index in [-0.39, 0.29) is 18.4 Å². The zero-order valence-corrected chi connectivity index (χ0v) is 17.1. The molecule has 0 aliphatic carbocycles. The number of aromatic nitrogens is 3. The molecule has 2 amide bonds. The number of hydrogen-bond acceptors (Lipinski definition) is 4. The molecule has 7 nitrogen and oxygen atoms in total. The van der Waals surface area contributed by atoms with Crippen LogP contribution in [0.15, 0.2) is 24.4 Å². The molecule has 7 heteroatoms. The average Bonchev–Trinajstić information content (AvgIpc) is 3.01. The van der Waals surface area contributed by atoms with Gasteiger partial charge in [-0.05, 0) is 51.8 Å². The summed E-state index contributed by atoms with van der Waals surface area (Å²) in [6.45, 7) is 9.66. The second-order valence-corrected chi connectivity index (χ2v) is 7.32. The summed E-state index contributed by atoms with van der Waals surface area (Å²) in [5.74, 6) is -0.539. The Morgan fingerprint density at radius 2 is 1.71 bits per heavy atom. The Hall–Kier alpha value is -3.22. The summed E-state index contributed by atoms with van der Waals surface area (Å²) in [6.07, 6.45) is 1.50. The zero-order valence-electron chi connectivity index (χ0n) is 17.1. The molecule has 0 spiro atoms. The lowest BCUT2D eigenvalue weighted by molar-refractivity contribution is -0.116. The molecule has 2 aromatic heterocycles. The third kappa shape index (κ3) is 3.74. The van der Waals surface area contributed by atoms with Crippen LogP contribution in [0.5, 0.6) is 0 Å². The van der Waals surface area contributed by atoms with Gasteiger partial charge >= 0.3 is 0 Å². The van der Waals surface area contributed by atoms with Crippen LogP contribution in [0.25, 0.3) is 5.65 Å². The molecule has 0 saturated carbocycles. The Balaban J connectivity index is 1.77. The molecular weight excluding hydrogens is 354 g/mol. The van der Waals surface area contributed by atoms with Crippen LogP contribution in [0.4, 0.5) is 5.69 Å². The SMILES string of the molecule is Cc1cc(C)c(NC(=O)CN(C)C(=O)c2cnn3c(C)cc(C)nc23)c(C)c1. The molecule has 1 N–H and O–H groups in total. The van der Waals surface area contributed by atoms with Crippen LogP contribution in [0, 0.1) is 34.6 Å². The molecule has 3 aromatic rings. The standard InChI is InChI=1S/C21H25N5O2/c1-12-7-13(2)19(14(3)8-12)24-18(27)11-25(6)21(28)17-10-22-26-16(5)9-15(4)23-20(17)26/h7-10H,11H2,1-6H3,(H,24,27). The van der Waals surface area contributed by atoms with Crippen molar-refractivity contribution in [1.82, 2.24) is 19.5 Å². The number of aryl methyl sites for hydroxylation is 5. The number of nitrogens with zero attached hydrogens (tertiary/aromatic N) is 4. The van der Waals surface area contributed by atoms with E-state index in [1.54, 1.807) is 11.6 Å². The van der Waals surface area contributed by atoms with Crippen LogP contribution < -0.4 is 5.32 Å². The van der Waals surface area contributed by atoms with Gasteiger partial charge in [0.15, 0.2) is 5.65 Å². The van der Waals surface area contributed by atoms with Crippen molar-refractivity contribution in [2.45, 2.75) is 34.6 Å². The van der Waals surface area contributed by atoms with Crippen molar-refractivity contribution in [2.24, 2.45) is 0 Å². The lowest BCUT2D eigenvalue weighted by Gasteiger charge is -2.18. The summed E-state index contributed by atoms with van der Waals surface area (Å²) < 4.78 is 1.63. The molecule has 2 heterocycles. The smallest absolute Gasteiger partial charge is 0.259 e. The number of fused-ring (bicyclic) bond motifs is 1. The topological polar surface area (TPSA) is 79.6 Å². The number of anilines is 1. The number of benzene rings is 1. The molecule has 0 atom stereocenters. The van der Waals surface area contributed by atoms with Gasteiger partial charge in [0, 0.05) is 24.1 Å². The molecule has 1 aromatic carbocycles. The molecular formula is C21H25N5O2. The quantitative estimate of drug-likeness (QED) is 0.756. The van der Waals surface area contributed by atoms with E-state index in [1.807, 2.05) is 52.8 Å². The fourth-order valence-corrected chi connectivity index (χ4v) is 3.47. The van der Waals surface area contributed by atoms with Crippen LogP contribution in [0.3, 0.4) is 0 Å². The van der Waals surface area contributed by atoms with Gasteiger partial charge in [-0.2, -0.15) is 5.10 Å². The van der Waals surface area contributed by atoms with Gasteiger partial charge in [0.2, 0.25) is 5.91 Å². The lowest BCUT2D eigenvalue weighted by Crippen LogP contribution is -2.35. The second-order valence-electron chi connectivity index (χ2n) is 7.32. The molecule has 0 bridgehead atoms. The summed E-state index contributed by atoms with van der Waals surface area (Å²) >= 11 is 0. The third-order valence-electron chi connectivity index (χ3n) is 4.68. The molecule has 0 aliphatic rings. The van der Waals surface area contributed by atoms with Gasteiger partial charge < -0.3 is 10.2 Å². The third-order valence-corrected chi connectivity index (χ3v) is 4.68. The Kier molecular flexibility index (Phi) is 5.18. The Morgan fingerprint density at radius 1 is 1.07 bits per heavy atom. The Morgan fingerprint density at radius 3 is 2.36 bits per heavy atom. The first kappa shape index (κ1) is 19.5. The molecule has 0 aliphatic heterocycles. The molecule has 3 rings (SSSR count). The largest absolute Gasteiger partial charge is 0.332 e. The van der Waals surface area contributed by atoms with Crippen molar-refractivity contribution in [3.63, 3.8) is 0 Å². The van der Waals surface area contributed by atoms with E-state index in [0.29, 0.717) is 11.2 Å². The van der Waals surface area contributed by atoms with Crippen LogP contribution in [-0.4, -0.2) is 44.9 Å². The summed E-state index contributed by atoms with van der Waals surface area (Å²) in [6, 6.07) is 5.94. The van der Waals surface area contributed by atoms with E-state index in [0.717, 1.165) is 33.8 Å². The van der Waals surface area contributed by atoms with Crippen LogP contribution in [0.2, 0.25) is 0 Å². The number of amides is 2. The number of likely N-dealkylation sites (N-methyl/N-ethyl adjacent to an activating group) is 1. The van der Waals surface area contributed by atoms with E-state index in [2.05, 4.69) is 15.4 Å².